The lowest BCUT2D eigenvalue weighted by molar-refractivity contribution is 0.242. The van der Waals surface area contributed by atoms with Crippen LogP contribution < -0.4 is 10.2 Å². The third kappa shape index (κ3) is 3.80. The monoisotopic (exact) mass is 226 g/mol. The number of rotatable bonds is 4. The molecule has 1 aromatic carbocycles. The van der Waals surface area contributed by atoms with Crippen LogP contribution in [0.3, 0.4) is 0 Å². The number of nitrogens with one attached hydrogen (secondary N) is 1. The lowest BCUT2D eigenvalue weighted by atomic mass is 10.2. The van der Waals surface area contributed by atoms with Gasteiger partial charge in [-0.3, -0.25) is 0 Å². The maximum Gasteiger partial charge on any atom is 0.138 e. The van der Waals surface area contributed by atoms with Crippen molar-refractivity contribution in [2.75, 3.05) is 7.05 Å². The molecule has 0 aromatic heterocycles. The maximum absolute atomic E-state index is 6.05. The van der Waals surface area contributed by atoms with Crippen LogP contribution in [0.2, 0.25) is 5.02 Å². The van der Waals surface area contributed by atoms with Gasteiger partial charge in [0, 0.05) is 7.05 Å². The molecular formula is C11H15ClN2O. The summed E-state index contributed by atoms with van der Waals surface area (Å²) in [7, 11) is 1.74. The molecule has 0 radical (unpaired) electrons. The Bertz CT molecular complexity index is 350. The molecule has 82 valence electrons. The van der Waals surface area contributed by atoms with E-state index in [1.165, 1.54) is 0 Å². The highest BCUT2D eigenvalue weighted by Crippen LogP contribution is 2.25. The van der Waals surface area contributed by atoms with E-state index in [1.807, 2.05) is 32.0 Å². The quantitative estimate of drug-likeness (QED) is 0.633. The molecule has 1 aromatic rings. The Hall–Kier alpha value is -1.22. The second kappa shape index (κ2) is 5.61. The molecule has 0 bridgehead atoms. The van der Waals surface area contributed by atoms with Crippen molar-refractivity contribution in [1.29, 1.82) is 0 Å². The highest BCUT2D eigenvalue weighted by molar-refractivity contribution is 6.32. The summed E-state index contributed by atoms with van der Waals surface area (Å²) in [5.41, 5.74) is 3.61. The fraction of sp³-hybridized carbons (Fsp3) is 0.364. The Labute approximate surface area is 95.1 Å². The largest absolute Gasteiger partial charge is 0.489 e. The summed E-state index contributed by atoms with van der Waals surface area (Å²) >= 11 is 6.05. The van der Waals surface area contributed by atoms with Crippen molar-refractivity contribution in [2.45, 2.75) is 20.0 Å². The molecule has 3 nitrogen and oxygen atoms in total. The number of hydrogen-bond acceptors (Lipinski definition) is 3. The van der Waals surface area contributed by atoms with Crippen molar-refractivity contribution in [2.24, 2.45) is 5.10 Å². The van der Waals surface area contributed by atoms with Crippen LogP contribution in [0.4, 0.5) is 0 Å². The van der Waals surface area contributed by atoms with E-state index >= 15 is 0 Å². The van der Waals surface area contributed by atoms with E-state index in [0.29, 0.717) is 10.8 Å². The highest BCUT2D eigenvalue weighted by atomic mass is 35.5. The summed E-state index contributed by atoms with van der Waals surface area (Å²) in [4.78, 5) is 0. The second-order valence-electron chi connectivity index (χ2n) is 3.34. The maximum atomic E-state index is 6.05. The van der Waals surface area contributed by atoms with Crippen molar-refractivity contribution in [3.63, 3.8) is 0 Å². The van der Waals surface area contributed by atoms with Gasteiger partial charge >= 0.3 is 0 Å². The van der Waals surface area contributed by atoms with Crippen molar-refractivity contribution in [1.82, 2.24) is 5.43 Å². The predicted molar refractivity (Wildman–Crippen MR) is 63.9 cm³/mol. The predicted octanol–water partition coefficient (Wildman–Crippen LogP) is 2.68. The van der Waals surface area contributed by atoms with Gasteiger partial charge in [-0.25, -0.2) is 0 Å². The van der Waals surface area contributed by atoms with E-state index in [2.05, 4.69) is 10.5 Å². The third-order valence-corrected chi connectivity index (χ3v) is 1.96. The first-order valence-electron chi connectivity index (χ1n) is 4.79. The zero-order valence-electron chi connectivity index (χ0n) is 9.12. The number of nitrogens with zero attached hydrogens (tertiary/aromatic N) is 1. The van der Waals surface area contributed by atoms with Crippen molar-refractivity contribution < 1.29 is 4.74 Å². The SMILES string of the molecule is CN/N=C/c1ccc(OC(C)C)c(Cl)c1. The molecule has 0 saturated carbocycles. The molecule has 1 rings (SSSR count). The van der Waals surface area contributed by atoms with Crippen LogP contribution in [0.1, 0.15) is 19.4 Å². The first kappa shape index (κ1) is 11.9. The molecule has 0 aliphatic carbocycles. The van der Waals surface area contributed by atoms with Gasteiger partial charge in [0.2, 0.25) is 0 Å². The first-order chi connectivity index (χ1) is 7.13. The Kier molecular flexibility index (Phi) is 4.43. The Morgan fingerprint density at radius 1 is 1.47 bits per heavy atom. The standard InChI is InChI=1S/C11H15ClN2O/c1-8(2)15-11-5-4-9(6-10(11)12)7-14-13-3/h4-8,13H,1-3H3/b14-7+. The van der Waals surface area contributed by atoms with Gasteiger partial charge < -0.3 is 10.2 Å². The van der Waals surface area contributed by atoms with Crippen LogP contribution in [0.25, 0.3) is 0 Å². The molecule has 0 heterocycles. The lowest BCUT2D eigenvalue weighted by Crippen LogP contribution is -2.06. The molecule has 0 aliphatic heterocycles. The van der Waals surface area contributed by atoms with Crippen molar-refractivity contribution >= 4 is 17.8 Å². The van der Waals surface area contributed by atoms with E-state index in [0.717, 1.165) is 5.56 Å². The topological polar surface area (TPSA) is 33.6 Å². The third-order valence-electron chi connectivity index (χ3n) is 1.66. The molecular weight excluding hydrogens is 212 g/mol. The minimum absolute atomic E-state index is 0.124. The van der Waals surface area contributed by atoms with Crippen LogP contribution in [0, 0.1) is 0 Å². The first-order valence-corrected chi connectivity index (χ1v) is 5.17. The van der Waals surface area contributed by atoms with Gasteiger partial charge in [-0.2, -0.15) is 5.10 Å². The number of hydrazone groups is 1. The van der Waals surface area contributed by atoms with Crippen molar-refractivity contribution in [3.8, 4) is 5.75 Å². The average Bonchev–Trinajstić information content (AvgIpc) is 2.18. The van der Waals surface area contributed by atoms with Gasteiger partial charge in [0.15, 0.2) is 0 Å². The average molecular weight is 227 g/mol. The van der Waals surface area contributed by atoms with Gasteiger partial charge in [0.05, 0.1) is 17.3 Å². The van der Waals surface area contributed by atoms with Crippen LogP contribution in [-0.2, 0) is 0 Å². The summed E-state index contributed by atoms with van der Waals surface area (Å²) in [5, 5.41) is 4.50. The summed E-state index contributed by atoms with van der Waals surface area (Å²) in [5.74, 6) is 0.702. The molecule has 0 atom stereocenters. The number of ether oxygens (including phenoxy) is 1. The number of halogens is 1. The summed E-state index contributed by atoms with van der Waals surface area (Å²) in [6, 6.07) is 5.57. The molecule has 0 aliphatic rings. The lowest BCUT2D eigenvalue weighted by Gasteiger charge is -2.11. The molecule has 0 amide bonds. The van der Waals surface area contributed by atoms with Gasteiger partial charge in [0.25, 0.3) is 0 Å². The zero-order valence-corrected chi connectivity index (χ0v) is 9.88. The smallest absolute Gasteiger partial charge is 0.138 e. The van der Waals surface area contributed by atoms with Gasteiger partial charge in [-0.05, 0) is 37.6 Å². The number of hydrogen-bond donors (Lipinski definition) is 1. The van der Waals surface area contributed by atoms with Gasteiger partial charge in [-0.15, -0.1) is 0 Å². The molecule has 0 spiro atoms. The fourth-order valence-electron chi connectivity index (χ4n) is 1.09. The Morgan fingerprint density at radius 3 is 2.73 bits per heavy atom. The fourth-order valence-corrected chi connectivity index (χ4v) is 1.32. The van der Waals surface area contributed by atoms with Crippen LogP contribution >= 0.6 is 11.6 Å². The van der Waals surface area contributed by atoms with E-state index in [-0.39, 0.29) is 6.10 Å². The van der Waals surface area contributed by atoms with Crippen LogP contribution in [0.5, 0.6) is 5.75 Å². The van der Waals surface area contributed by atoms with E-state index in [4.69, 9.17) is 16.3 Å². The molecule has 0 saturated heterocycles. The molecule has 4 heteroatoms. The molecule has 0 unspecified atom stereocenters. The Balaban J connectivity index is 2.83. The summed E-state index contributed by atoms with van der Waals surface area (Å²) in [6.07, 6.45) is 1.82. The number of benzene rings is 1. The van der Waals surface area contributed by atoms with Gasteiger partial charge in [0.1, 0.15) is 5.75 Å². The van der Waals surface area contributed by atoms with E-state index < -0.39 is 0 Å². The second-order valence-corrected chi connectivity index (χ2v) is 3.75. The zero-order chi connectivity index (χ0) is 11.3. The summed E-state index contributed by atoms with van der Waals surface area (Å²) in [6.45, 7) is 3.93. The van der Waals surface area contributed by atoms with E-state index in [9.17, 15) is 0 Å². The molecule has 15 heavy (non-hydrogen) atoms. The normalized spacial score (nSPS) is 11.0. The van der Waals surface area contributed by atoms with Gasteiger partial charge in [-0.1, -0.05) is 11.6 Å². The van der Waals surface area contributed by atoms with Crippen LogP contribution in [0.15, 0.2) is 23.3 Å². The summed E-state index contributed by atoms with van der Waals surface area (Å²) < 4.78 is 5.51. The van der Waals surface area contributed by atoms with Crippen molar-refractivity contribution in [3.05, 3.63) is 28.8 Å². The minimum atomic E-state index is 0.124. The van der Waals surface area contributed by atoms with Crippen LogP contribution in [-0.4, -0.2) is 19.4 Å². The molecule has 0 fully saturated rings. The Morgan fingerprint density at radius 2 is 2.20 bits per heavy atom. The molecule has 1 N–H and O–H groups in total. The highest BCUT2D eigenvalue weighted by Gasteiger charge is 2.03. The minimum Gasteiger partial charge on any atom is -0.489 e. The van der Waals surface area contributed by atoms with E-state index in [1.54, 1.807) is 13.3 Å².